The Hall–Kier alpha value is -1.07. The van der Waals surface area contributed by atoms with Crippen LogP contribution in [0.15, 0.2) is 30.6 Å². The number of aryl methyl sites for hydroxylation is 1. The van der Waals surface area contributed by atoms with Crippen LogP contribution in [0.4, 0.5) is 0 Å². The number of rotatable bonds is 4. The molecule has 1 heterocycles. The molecule has 0 saturated carbocycles. The summed E-state index contributed by atoms with van der Waals surface area (Å²) in [6, 6.07) is 5.11. The van der Waals surface area contributed by atoms with Gasteiger partial charge in [0.15, 0.2) is 0 Å². The summed E-state index contributed by atoms with van der Waals surface area (Å²) >= 11 is 12.4. The summed E-state index contributed by atoms with van der Waals surface area (Å²) in [5.41, 5.74) is 4.42. The molecule has 0 aliphatic carbocycles. The van der Waals surface area contributed by atoms with Crippen LogP contribution >= 0.6 is 23.2 Å². The summed E-state index contributed by atoms with van der Waals surface area (Å²) in [5, 5.41) is 5.38. The van der Waals surface area contributed by atoms with E-state index in [1.165, 1.54) is 0 Å². The van der Waals surface area contributed by atoms with Crippen LogP contribution in [0.3, 0.4) is 0 Å². The lowest BCUT2D eigenvalue weighted by molar-refractivity contribution is 0.630. The Morgan fingerprint density at radius 2 is 2.06 bits per heavy atom. The first-order chi connectivity index (χ1) is 8.67. The quantitative estimate of drug-likeness (QED) is 0.671. The molecule has 0 bridgehead atoms. The minimum absolute atomic E-state index is 0.272. The monoisotopic (exact) mass is 284 g/mol. The maximum atomic E-state index is 6.19. The van der Waals surface area contributed by atoms with Gasteiger partial charge in [-0.15, -0.1) is 0 Å². The number of nitrogens with zero attached hydrogens (tertiary/aromatic N) is 2. The number of benzene rings is 1. The van der Waals surface area contributed by atoms with E-state index in [9.17, 15) is 0 Å². The van der Waals surface area contributed by atoms with E-state index in [1.807, 2.05) is 17.8 Å². The number of hydrazine groups is 1. The Morgan fingerprint density at radius 3 is 2.56 bits per heavy atom. The van der Waals surface area contributed by atoms with Crippen molar-refractivity contribution < 1.29 is 0 Å². The summed E-state index contributed by atoms with van der Waals surface area (Å²) in [6.45, 7) is 2.82. The molecule has 1 aromatic carbocycles. The molecule has 0 aliphatic heterocycles. The molecule has 1 atom stereocenters. The van der Waals surface area contributed by atoms with Crippen molar-refractivity contribution in [2.75, 3.05) is 0 Å². The number of halogens is 2. The Labute approximate surface area is 116 Å². The molecule has 0 fully saturated rings. The highest BCUT2D eigenvalue weighted by atomic mass is 35.5. The van der Waals surface area contributed by atoms with Crippen LogP contribution in [0.2, 0.25) is 10.0 Å². The maximum absolute atomic E-state index is 6.19. The molecule has 0 saturated heterocycles. The predicted molar refractivity (Wildman–Crippen MR) is 73.5 cm³/mol. The minimum atomic E-state index is -0.272. The first kappa shape index (κ1) is 13.4. The second kappa shape index (κ2) is 5.71. The second-order valence-electron chi connectivity index (χ2n) is 3.86. The molecule has 3 N–H and O–H groups in total. The van der Waals surface area contributed by atoms with Crippen LogP contribution < -0.4 is 11.3 Å². The van der Waals surface area contributed by atoms with Crippen molar-refractivity contribution >= 4 is 23.2 Å². The number of hydrogen-bond donors (Lipinski definition) is 2. The highest BCUT2D eigenvalue weighted by Gasteiger charge is 2.20. The van der Waals surface area contributed by atoms with Gasteiger partial charge in [0.25, 0.3) is 0 Å². The Bertz CT molecular complexity index is 518. The van der Waals surface area contributed by atoms with Crippen molar-refractivity contribution in [2.24, 2.45) is 5.84 Å². The lowest BCUT2D eigenvalue weighted by Crippen LogP contribution is -2.29. The van der Waals surface area contributed by atoms with E-state index in [0.717, 1.165) is 17.7 Å². The van der Waals surface area contributed by atoms with Gasteiger partial charge in [0.1, 0.15) is 0 Å². The zero-order chi connectivity index (χ0) is 13.1. The van der Waals surface area contributed by atoms with Crippen LogP contribution in [-0.4, -0.2) is 9.78 Å². The van der Waals surface area contributed by atoms with Gasteiger partial charge in [-0.1, -0.05) is 29.3 Å². The average molecular weight is 285 g/mol. The lowest BCUT2D eigenvalue weighted by Gasteiger charge is -2.17. The molecule has 0 spiro atoms. The van der Waals surface area contributed by atoms with Crippen molar-refractivity contribution in [1.29, 1.82) is 0 Å². The normalized spacial score (nSPS) is 12.7. The fourth-order valence-corrected chi connectivity index (χ4v) is 2.45. The van der Waals surface area contributed by atoms with Gasteiger partial charge in [0.05, 0.1) is 12.2 Å². The van der Waals surface area contributed by atoms with Gasteiger partial charge < -0.3 is 0 Å². The number of nitrogens with one attached hydrogen (secondary N) is 1. The summed E-state index contributed by atoms with van der Waals surface area (Å²) in [5.74, 6) is 5.62. The largest absolute Gasteiger partial charge is 0.273 e. The lowest BCUT2D eigenvalue weighted by atomic mass is 10.0. The predicted octanol–water partition coefficient (Wildman–Crippen LogP) is 2.76. The third-order valence-electron chi connectivity index (χ3n) is 2.77. The summed E-state index contributed by atoms with van der Waals surface area (Å²) in [6.07, 6.45) is 3.68. The molecule has 0 aliphatic rings. The molecule has 2 aromatic rings. The summed E-state index contributed by atoms with van der Waals surface area (Å²) < 4.78 is 1.82. The van der Waals surface area contributed by atoms with E-state index in [1.54, 1.807) is 24.4 Å². The van der Waals surface area contributed by atoms with E-state index in [2.05, 4.69) is 10.5 Å². The molecule has 1 unspecified atom stereocenters. The topological polar surface area (TPSA) is 55.9 Å². The fourth-order valence-electron chi connectivity index (χ4n) is 1.83. The van der Waals surface area contributed by atoms with Gasteiger partial charge in [-0.3, -0.25) is 10.5 Å². The van der Waals surface area contributed by atoms with Crippen molar-refractivity contribution in [3.8, 4) is 0 Å². The van der Waals surface area contributed by atoms with E-state index < -0.39 is 0 Å². The molecule has 96 valence electrons. The highest BCUT2D eigenvalue weighted by Crippen LogP contribution is 2.33. The van der Waals surface area contributed by atoms with Crippen molar-refractivity contribution in [3.05, 3.63) is 51.8 Å². The second-order valence-corrected chi connectivity index (χ2v) is 4.68. The molecule has 0 amide bonds. The number of hydrogen-bond acceptors (Lipinski definition) is 3. The van der Waals surface area contributed by atoms with Crippen molar-refractivity contribution in [1.82, 2.24) is 15.2 Å². The summed E-state index contributed by atoms with van der Waals surface area (Å²) in [4.78, 5) is 0. The summed E-state index contributed by atoms with van der Waals surface area (Å²) in [7, 11) is 0. The van der Waals surface area contributed by atoms with Gasteiger partial charge in [-0.25, -0.2) is 5.43 Å². The van der Waals surface area contributed by atoms with Gasteiger partial charge >= 0.3 is 0 Å². The zero-order valence-electron chi connectivity index (χ0n) is 9.90. The maximum Gasteiger partial charge on any atom is 0.0769 e. The first-order valence-corrected chi connectivity index (χ1v) is 6.35. The Morgan fingerprint density at radius 1 is 1.39 bits per heavy atom. The third kappa shape index (κ3) is 2.52. The van der Waals surface area contributed by atoms with Crippen LogP contribution in [0.1, 0.15) is 24.1 Å². The van der Waals surface area contributed by atoms with Gasteiger partial charge in [0.2, 0.25) is 0 Å². The Kier molecular flexibility index (Phi) is 4.24. The first-order valence-electron chi connectivity index (χ1n) is 5.59. The van der Waals surface area contributed by atoms with E-state index in [0.29, 0.717) is 10.0 Å². The highest BCUT2D eigenvalue weighted by molar-refractivity contribution is 6.36. The molecule has 4 nitrogen and oxygen atoms in total. The zero-order valence-corrected chi connectivity index (χ0v) is 11.4. The van der Waals surface area contributed by atoms with Crippen LogP contribution in [-0.2, 0) is 6.54 Å². The SMILES string of the molecule is CCn1cc(C(NN)c2c(Cl)cccc2Cl)cn1. The van der Waals surface area contributed by atoms with Gasteiger partial charge in [-0.05, 0) is 19.1 Å². The molecule has 0 radical (unpaired) electrons. The molecule has 1 aromatic heterocycles. The van der Waals surface area contributed by atoms with Gasteiger partial charge in [0, 0.05) is 33.9 Å². The standard InChI is InChI=1S/C12H14Cl2N4/c1-2-18-7-8(6-16-18)12(17-15)11-9(13)4-3-5-10(11)14/h3-7,12,17H,2,15H2,1H3. The Balaban J connectivity index is 2.45. The van der Waals surface area contributed by atoms with Crippen molar-refractivity contribution in [2.45, 2.75) is 19.5 Å². The third-order valence-corrected chi connectivity index (χ3v) is 3.42. The van der Waals surface area contributed by atoms with E-state index in [4.69, 9.17) is 29.0 Å². The molecule has 18 heavy (non-hydrogen) atoms. The molecule has 2 rings (SSSR count). The molecule has 6 heteroatoms. The molecular weight excluding hydrogens is 271 g/mol. The van der Waals surface area contributed by atoms with Crippen molar-refractivity contribution in [3.63, 3.8) is 0 Å². The van der Waals surface area contributed by atoms with Crippen LogP contribution in [0, 0.1) is 0 Å². The van der Waals surface area contributed by atoms with Crippen LogP contribution in [0.5, 0.6) is 0 Å². The fraction of sp³-hybridized carbons (Fsp3) is 0.250. The number of nitrogens with two attached hydrogens (primary N) is 1. The number of aromatic nitrogens is 2. The minimum Gasteiger partial charge on any atom is -0.273 e. The smallest absolute Gasteiger partial charge is 0.0769 e. The van der Waals surface area contributed by atoms with Crippen LogP contribution in [0.25, 0.3) is 0 Å². The van der Waals surface area contributed by atoms with Gasteiger partial charge in [-0.2, -0.15) is 5.10 Å². The average Bonchev–Trinajstić information content (AvgIpc) is 2.82. The van der Waals surface area contributed by atoms with E-state index >= 15 is 0 Å². The van der Waals surface area contributed by atoms with E-state index in [-0.39, 0.29) is 6.04 Å². The molecular formula is C12H14Cl2N4.